The largest absolute Gasteiger partial charge is 0.463 e. The van der Waals surface area contributed by atoms with Crippen LogP contribution in [0.15, 0.2) is 0 Å². The van der Waals surface area contributed by atoms with Crippen molar-refractivity contribution in [2.24, 2.45) is 0 Å². The number of carbonyl (C=O) groups excluding carboxylic acids is 1. The van der Waals surface area contributed by atoms with Gasteiger partial charge in [0.15, 0.2) is 0 Å². The fraction of sp³-hybridized carbons (Fsp3) is 0.967. The van der Waals surface area contributed by atoms with Crippen LogP contribution in [0.5, 0.6) is 0 Å². The van der Waals surface area contributed by atoms with Crippen molar-refractivity contribution in [3.63, 3.8) is 0 Å². The number of hydrogen-bond acceptors (Lipinski definition) is 6. The van der Waals surface area contributed by atoms with E-state index < -0.39 is 0 Å². The highest BCUT2D eigenvalue weighted by Crippen LogP contribution is 2.11. The Labute approximate surface area is 223 Å². The van der Waals surface area contributed by atoms with Gasteiger partial charge in [0.05, 0.1) is 46.2 Å². The van der Waals surface area contributed by atoms with Crippen molar-refractivity contribution < 1.29 is 28.5 Å². The van der Waals surface area contributed by atoms with E-state index in [0.717, 1.165) is 25.9 Å². The van der Waals surface area contributed by atoms with Gasteiger partial charge in [-0.1, -0.05) is 110 Å². The summed E-state index contributed by atoms with van der Waals surface area (Å²) in [5.41, 5.74) is 0. The minimum absolute atomic E-state index is 0.118. The van der Waals surface area contributed by atoms with E-state index in [1.165, 1.54) is 89.9 Å². The first-order chi connectivity index (χ1) is 17.8. The van der Waals surface area contributed by atoms with E-state index in [4.69, 9.17) is 23.7 Å². The predicted molar refractivity (Wildman–Crippen MR) is 149 cm³/mol. The molecule has 0 amide bonds. The summed E-state index contributed by atoms with van der Waals surface area (Å²) >= 11 is 0. The van der Waals surface area contributed by atoms with Gasteiger partial charge in [-0.3, -0.25) is 4.79 Å². The molecule has 0 fully saturated rings. The van der Waals surface area contributed by atoms with E-state index in [-0.39, 0.29) is 5.97 Å². The molecule has 216 valence electrons. The molecule has 0 N–H and O–H groups in total. The van der Waals surface area contributed by atoms with E-state index in [0.29, 0.717) is 59.3 Å². The first kappa shape index (κ1) is 35.3. The fourth-order valence-corrected chi connectivity index (χ4v) is 3.97. The van der Waals surface area contributed by atoms with Gasteiger partial charge in [-0.15, -0.1) is 0 Å². The molecule has 0 aliphatic carbocycles. The van der Waals surface area contributed by atoms with Crippen molar-refractivity contribution in [3.8, 4) is 0 Å². The number of rotatable bonds is 31. The summed E-state index contributed by atoms with van der Waals surface area (Å²) in [6.07, 6.45) is 22.4. The highest BCUT2D eigenvalue weighted by Gasteiger charge is 2.02. The molecule has 0 unspecified atom stereocenters. The van der Waals surface area contributed by atoms with Crippen molar-refractivity contribution in [3.05, 3.63) is 0 Å². The fourth-order valence-electron chi connectivity index (χ4n) is 3.97. The van der Waals surface area contributed by atoms with E-state index >= 15 is 0 Å². The molecule has 0 atom stereocenters. The molecule has 0 aromatic heterocycles. The summed E-state index contributed by atoms with van der Waals surface area (Å²) < 4.78 is 27.3. The smallest absolute Gasteiger partial charge is 0.305 e. The molecule has 0 spiro atoms. The Balaban J connectivity index is 3.10. The quantitative estimate of drug-likeness (QED) is 0.0696. The van der Waals surface area contributed by atoms with Gasteiger partial charge in [0, 0.05) is 13.0 Å². The molecule has 0 aliphatic heterocycles. The van der Waals surface area contributed by atoms with E-state index in [2.05, 4.69) is 13.8 Å². The molecule has 0 heterocycles. The van der Waals surface area contributed by atoms with Crippen molar-refractivity contribution >= 4 is 5.97 Å². The number of unbranched alkanes of at least 4 members (excludes halogenated alkanes) is 15. The van der Waals surface area contributed by atoms with Gasteiger partial charge < -0.3 is 23.7 Å². The Kier molecular flexibility index (Phi) is 31.7. The molecule has 0 aromatic carbocycles. The summed E-state index contributed by atoms with van der Waals surface area (Å²) in [7, 11) is 0. The second-order valence-electron chi connectivity index (χ2n) is 9.72. The first-order valence-electron chi connectivity index (χ1n) is 15.3. The summed E-state index contributed by atoms with van der Waals surface area (Å²) in [4.78, 5) is 11.7. The van der Waals surface area contributed by atoms with Crippen molar-refractivity contribution in [1.82, 2.24) is 0 Å². The highest BCUT2D eigenvalue weighted by atomic mass is 16.6. The van der Waals surface area contributed by atoms with Gasteiger partial charge in [0.2, 0.25) is 0 Å². The Morgan fingerprint density at radius 1 is 0.389 bits per heavy atom. The van der Waals surface area contributed by atoms with Gasteiger partial charge >= 0.3 is 5.97 Å². The predicted octanol–water partition coefficient (Wildman–Crippen LogP) is 7.66. The number of hydrogen-bond donors (Lipinski definition) is 0. The molecule has 6 heteroatoms. The third-order valence-corrected chi connectivity index (χ3v) is 6.23. The molecule has 0 rings (SSSR count). The topological polar surface area (TPSA) is 63.2 Å². The molecule has 0 saturated carbocycles. The standard InChI is InChI=1S/C30H60O6/c1-3-5-7-9-11-12-13-15-17-19-21-32-22-23-33-24-25-34-26-27-35-28-29-36-30(31)20-18-16-14-10-8-6-4-2/h3-29H2,1-2H3. The van der Waals surface area contributed by atoms with E-state index in [1.807, 2.05) is 0 Å². The molecular weight excluding hydrogens is 456 g/mol. The zero-order chi connectivity index (χ0) is 26.2. The molecule has 0 bridgehead atoms. The number of esters is 1. The molecule has 36 heavy (non-hydrogen) atoms. The van der Waals surface area contributed by atoms with Crippen LogP contribution in [-0.4, -0.2) is 65.4 Å². The van der Waals surface area contributed by atoms with Crippen LogP contribution in [-0.2, 0) is 28.5 Å². The maximum Gasteiger partial charge on any atom is 0.305 e. The van der Waals surface area contributed by atoms with Crippen LogP contribution in [0.1, 0.15) is 129 Å². The van der Waals surface area contributed by atoms with Gasteiger partial charge in [-0.05, 0) is 12.8 Å². The Morgan fingerprint density at radius 3 is 1.17 bits per heavy atom. The van der Waals surface area contributed by atoms with Crippen LogP contribution >= 0.6 is 0 Å². The lowest BCUT2D eigenvalue weighted by Gasteiger charge is -2.08. The van der Waals surface area contributed by atoms with Crippen LogP contribution in [0, 0.1) is 0 Å². The number of ether oxygens (including phenoxy) is 5. The molecule has 0 radical (unpaired) electrons. The van der Waals surface area contributed by atoms with Crippen molar-refractivity contribution in [2.75, 3.05) is 59.5 Å². The van der Waals surface area contributed by atoms with Gasteiger partial charge in [-0.25, -0.2) is 0 Å². The first-order valence-corrected chi connectivity index (χ1v) is 15.3. The summed E-state index contributed by atoms with van der Waals surface area (Å²) in [5.74, 6) is -0.118. The average Bonchev–Trinajstić information content (AvgIpc) is 2.88. The molecule has 0 saturated heterocycles. The van der Waals surface area contributed by atoms with Crippen LogP contribution in [0.4, 0.5) is 0 Å². The second kappa shape index (κ2) is 32.3. The van der Waals surface area contributed by atoms with Crippen LogP contribution in [0.25, 0.3) is 0 Å². The van der Waals surface area contributed by atoms with E-state index in [9.17, 15) is 4.79 Å². The van der Waals surface area contributed by atoms with Crippen LogP contribution in [0.2, 0.25) is 0 Å². The Morgan fingerprint density at radius 2 is 0.722 bits per heavy atom. The minimum Gasteiger partial charge on any atom is -0.463 e. The van der Waals surface area contributed by atoms with Crippen LogP contribution < -0.4 is 0 Å². The zero-order valence-electron chi connectivity index (χ0n) is 24.0. The normalized spacial score (nSPS) is 11.3. The van der Waals surface area contributed by atoms with Crippen LogP contribution in [0.3, 0.4) is 0 Å². The highest BCUT2D eigenvalue weighted by molar-refractivity contribution is 5.69. The lowest BCUT2D eigenvalue weighted by Crippen LogP contribution is -2.14. The lowest BCUT2D eigenvalue weighted by molar-refractivity contribution is -0.145. The maximum absolute atomic E-state index is 11.7. The number of carbonyl (C=O) groups is 1. The summed E-state index contributed by atoms with van der Waals surface area (Å²) in [6.45, 7) is 9.46. The third kappa shape index (κ3) is 31.3. The summed E-state index contributed by atoms with van der Waals surface area (Å²) in [5, 5.41) is 0. The Hall–Kier alpha value is -0.690. The SMILES string of the molecule is CCCCCCCCCCCCOCCOCCOCCOCCOC(=O)CCCCCCCCC. The van der Waals surface area contributed by atoms with Gasteiger partial charge in [0.25, 0.3) is 0 Å². The molecule has 6 nitrogen and oxygen atoms in total. The Bertz CT molecular complexity index is 418. The zero-order valence-corrected chi connectivity index (χ0v) is 24.0. The maximum atomic E-state index is 11.7. The monoisotopic (exact) mass is 516 g/mol. The lowest BCUT2D eigenvalue weighted by atomic mass is 10.1. The van der Waals surface area contributed by atoms with Crippen molar-refractivity contribution in [1.29, 1.82) is 0 Å². The van der Waals surface area contributed by atoms with Gasteiger partial charge in [-0.2, -0.15) is 0 Å². The second-order valence-corrected chi connectivity index (χ2v) is 9.72. The molecular formula is C30H60O6. The molecule has 0 aliphatic rings. The third-order valence-electron chi connectivity index (χ3n) is 6.23. The summed E-state index contributed by atoms with van der Waals surface area (Å²) in [6, 6.07) is 0. The average molecular weight is 517 g/mol. The van der Waals surface area contributed by atoms with E-state index in [1.54, 1.807) is 0 Å². The molecule has 0 aromatic rings. The minimum atomic E-state index is -0.118. The van der Waals surface area contributed by atoms with Crippen molar-refractivity contribution in [2.45, 2.75) is 129 Å². The van der Waals surface area contributed by atoms with Gasteiger partial charge in [0.1, 0.15) is 6.61 Å².